The second kappa shape index (κ2) is 6.76. The first kappa shape index (κ1) is 14.9. The van der Waals surface area contributed by atoms with E-state index in [1.165, 1.54) is 11.1 Å². The minimum Gasteiger partial charge on any atom is -0.394 e. The molecule has 106 valence electrons. The van der Waals surface area contributed by atoms with Crippen molar-refractivity contribution in [2.45, 2.75) is 37.1 Å². The van der Waals surface area contributed by atoms with Crippen molar-refractivity contribution in [3.8, 4) is 0 Å². The second-order valence-corrected chi connectivity index (χ2v) is 6.57. The number of nitrogens with one attached hydrogen (secondary N) is 1. The molecule has 2 unspecified atom stereocenters. The van der Waals surface area contributed by atoms with Gasteiger partial charge in [-0.25, -0.2) is 4.68 Å². The summed E-state index contributed by atoms with van der Waals surface area (Å²) >= 11 is 5.22. The van der Waals surface area contributed by atoms with Gasteiger partial charge in [0.15, 0.2) is 0 Å². The molecule has 19 heavy (non-hydrogen) atoms. The Morgan fingerprint density at radius 1 is 1.63 bits per heavy atom. The molecule has 0 aromatic carbocycles. The van der Waals surface area contributed by atoms with Crippen LogP contribution in [-0.2, 0) is 6.54 Å². The number of nitrogens with zero attached hydrogens (tertiary/aromatic N) is 2. The Hall–Kier alpha value is -0.530. The normalized spacial score (nSPS) is 22.7. The zero-order valence-electron chi connectivity index (χ0n) is 10.8. The van der Waals surface area contributed by atoms with Crippen molar-refractivity contribution in [3.63, 3.8) is 0 Å². The minimum absolute atomic E-state index is 0.0931. The van der Waals surface area contributed by atoms with Crippen molar-refractivity contribution >= 4 is 33.4 Å². The van der Waals surface area contributed by atoms with Gasteiger partial charge in [0, 0.05) is 11.3 Å². The molecule has 2 rings (SSSR count). The van der Waals surface area contributed by atoms with Gasteiger partial charge in [-0.2, -0.15) is 16.9 Å². The number of aliphatic hydroxyl groups is 1. The lowest BCUT2D eigenvalue weighted by Crippen LogP contribution is -2.27. The summed E-state index contributed by atoms with van der Waals surface area (Å²) in [6.07, 6.45) is 7.24. The van der Waals surface area contributed by atoms with Crippen LogP contribution < -0.4 is 10.9 Å². The maximum atomic E-state index is 12.0. The lowest BCUT2D eigenvalue weighted by molar-refractivity contribution is 0.266. The molecule has 1 aromatic heterocycles. The second-order valence-electron chi connectivity index (χ2n) is 4.64. The van der Waals surface area contributed by atoms with Gasteiger partial charge in [-0.05, 0) is 41.4 Å². The molecule has 7 heteroatoms. The Morgan fingerprint density at radius 2 is 2.42 bits per heavy atom. The molecule has 0 amide bonds. The van der Waals surface area contributed by atoms with Crippen LogP contribution in [0.3, 0.4) is 0 Å². The summed E-state index contributed by atoms with van der Waals surface area (Å²) in [5.74, 6) is 0. The predicted molar refractivity (Wildman–Crippen MR) is 81.8 cm³/mol. The summed E-state index contributed by atoms with van der Waals surface area (Å²) in [5.41, 5.74) is 0.532. The molecule has 1 aliphatic rings. The Kier molecular flexibility index (Phi) is 5.29. The average Bonchev–Trinajstić information content (AvgIpc) is 2.86. The first-order valence-corrected chi connectivity index (χ1v) is 8.39. The third-order valence-corrected chi connectivity index (χ3v) is 5.24. The van der Waals surface area contributed by atoms with Crippen LogP contribution in [0.15, 0.2) is 15.5 Å². The van der Waals surface area contributed by atoms with E-state index in [1.54, 1.807) is 6.20 Å². The van der Waals surface area contributed by atoms with Gasteiger partial charge >= 0.3 is 0 Å². The lowest BCUT2D eigenvalue weighted by Gasteiger charge is -2.15. The third kappa shape index (κ3) is 3.52. The quantitative estimate of drug-likeness (QED) is 0.848. The number of hydrogen-bond donors (Lipinski definition) is 2. The van der Waals surface area contributed by atoms with Gasteiger partial charge in [0.2, 0.25) is 0 Å². The fraction of sp³-hybridized carbons (Fsp3) is 0.667. The standard InChI is InChI=1S/C12H18BrN3O2S/c1-19-9-3-2-8(6-9)15-10-7-14-16(4-5-17)12(18)11(10)13/h7-9,15,17H,2-6H2,1H3. The molecule has 1 aromatic rings. The van der Waals surface area contributed by atoms with Crippen molar-refractivity contribution in [2.24, 2.45) is 0 Å². The summed E-state index contributed by atoms with van der Waals surface area (Å²) in [5, 5.41) is 17.0. The predicted octanol–water partition coefficient (Wildman–Crippen LogP) is 1.69. The maximum absolute atomic E-state index is 12.0. The zero-order valence-corrected chi connectivity index (χ0v) is 13.2. The van der Waals surface area contributed by atoms with Gasteiger partial charge in [0.05, 0.1) is 25.0 Å². The van der Waals surface area contributed by atoms with Gasteiger partial charge in [-0.1, -0.05) is 0 Å². The van der Waals surface area contributed by atoms with Crippen molar-refractivity contribution in [3.05, 3.63) is 21.0 Å². The molecule has 0 spiro atoms. The highest BCUT2D eigenvalue weighted by atomic mass is 79.9. The number of rotatable bonds is 5. The first-order valence-electron chi connectivity index (χ1n) is 6.31. The monoisotopic (exact) mass is 347 g/mol. The van der Waals surface area contributed by atoms with Crippen LogP contribution in [0, 0.1) is 0 Å². The number of aromatic nitrogens is 2. The van der Waals surface area contributed by atoms with Crippen molar-refractivity contribution in [1.29, 1.82) is 0 Å². The fourth-order valence-corrected chi connectivity index (χ4v) is 3.54. The topological polar surface area (TPSA) is 67.2 Å². The molecule has 2 atom stereocenters. The number of thioether (sulfide) groups is 1. The number of anilines is 1. The van der Waals surface area contributed by atoms with E-state index in [-0.39, 0.29) is 18.7 Å². The summed E-state index contributed by atoms with van der Waals surface area (Å²) in [4.78, 5) is 12.0. The molecule has 1 saturated carbocycles. The van der Waals surface area contributed by atoms with Gasteiger partial charge in [0.1, 0.15) is 4.47 Å². The molecule has 0 aliphatic heterocycles. The van der Waals surface area contributed by atoms with Crippen molar-refractivity contribution in [1.82, 2.24) is 9.78 Å². The molecular formula is C12H18BrN3O2S. The molecule has 0 radical (unpaired) electrons. The molecule has 1 aliphatic carbocycles. The number of aliphatic hydroxyl groups excluding tert-OH is 1. The van der Waals surface area contributed by atoms with Crippen LogP contribution >= 0.6 is 27.7 Å². The highest BCUT2D eigenvalue weighted by Gasteiger charge is 2.24. The minimum atomic E-state index is -0.210. The van der Waals surface area contributed by atoms with Crippen LogP contribution in [0.2, 0.25) is 0 Å². The lowest BCUT2D eigenvalue weighted by atomic mass is 10.2. The zero-order chi connectivity index (χ0) is 13.8. The van der Waals surface area contributed by atoms with Crippen LogP contribution in [-0.4, -0.2) is 39.0 Å². The highest BCUT2D eigenvalue weighted by molar-refractivity contribution is 9.10. The van der Waals surface area contributed by atoms with E-state index >= 15 is 0 Å². The Bertz CT molecular complexity index is 494. The number of hydrogen-bond acceptors (Lipinski definition) is 5. The largest absolute Gasteiger partial charge is 0.394 e. The van der Waals surface area contributed by atoms with Crippen LogP contribution in [0.5, 0.6) is 0 Å². The van der Waals surface area contributed by atoms with Crippen LogP contribution in [0.1, 0.15) is 19.3 Å². The molecule has 5 nitrogen and oxygen atoms in total. The molecule has 1 fully saturated rings. The SMILES string of the molecule is CSC1CCC(Nc2cnn(CCO)c(=O)c2Br)C1. The Balaban J connectivity index is 2.09. The van der Waals surface area contributed by atoms with E-state index in [9.17, 15) is 4.79 Å². The van der Waals surface area contributed by atoms with E-state index in [1.807, 2.05) is 11.8 Å². The Morgan fingerprint density at radius 3 is 3.05 bits per heavy atom. The molecule has 0 saturated heterocycles. The van der Waals surface area contributed by atoms with E-state index in [0.29, 0.717) is 15.8 Å². The van der Waals surface area contributed by atoms with Gasteiger partial charge < -0.3 is 10.4 Å². The maximum Gasteiger partial charge on any atom is 0.283 e. The summed E-state index contributed by atoms with van der Waals surface area (Å²) in [6.45, 7) is 0.125. The van der Waals surface area contributed by atoms with Crippen molar-refractivity contribution in [2.75, 3.05) is 18.2 Å². The van der Waals surface area contributed by atoms with Gasteiger partial charge in [0.25, 0.3) is 5.56 Å². The molecule has 1 heterocycles. The first-order chi connectivity index (χ1) is 9.15. The molecule has 0 bridgehead atoms. The van der Waals surface area contributed by atoms with E-state index in [2.05, 4.69) is 32.6 Å². The Labute approximate surface area is 124 Å². The smallest absolute Gasteiger partial charge is 0.283 e. The fourth-order valence-electron chi connectivity index (χ4n) is 2.32. The van der Waals surface area contributed by atoms with E-state index in [4.69, 9.17) is 5.11 Å². The molecule has 2 N–H and O–H groups in total. The summed E-state index contributed by atoms with van der Waals surface area (Å²) < 4.78 is 1.75. The van der Waals surface area contributed by atoms with E-state index in [0.717, 1.165) is 18.5 Å². The van der Waals surface area contributed by atoms with Gasteiger partial charge in [-0.15, -0.1) is 0 Å². The van der Waals surface area contributed by atoms with Crippen LogP contribution in [0.25, 0.3) is 0 Å². The summed E-state index contributed by atoms with van der Waals surface area (Å²) in [6, 6.07) is 0.406. The number of halogens is 1. The van der Waals surface area contributed by atoms with Gasteiger partial charge in [-0.3, -0.25) is 4.79 Å². The van der Waals surface area contributed by atoms with Crippen molar-refractivity contribution < 1.29 is 5.11 Å². The third-order valence-electron chi connectivity index (χ3n) is 3.37. The van der Waals surface area contributed by atoms with Crippen LogP contribution in [0.4, 0.5) is 5.69 Å². The molecular weight excluding hydrogens is 330 g/mol. The van der Waals surface area contributed by atoms with E-state index < -0.39 is 0 Å². The summed E-state index contributed by atoms with van der Waals surface area (Å²) in [7, 11) is 0. The average molecular weight is 348 g/mol. The highest BCUT2D eigenvalue weighted by Crippen LogP contribution is 2.31.